The van der Waals surface area contributed by atoms with E-state index in [4.69, 9.17) is 11.6 Å². The van der Waals surface area contributed by atoms with E-state index in [1.165, 1.54) is 11.6 Å². The van der Waals surface area contributed by atoms with Crippen LogP contribution in [0.3, 0.4) is 0 Å². The quantitative estimate of drug-likeness (QED) is 0.398. The second kappa shape index (κ2) is 9.35. The maximum atomic E-state index is 12.8. The van der Waals surface area contributed by atoms with Gasteiger partial charge in [0.25, 0.3) is 5.91 Å². The molecule has 35 heavy (non-hydrogen) atoms. The molecule has 0 spiro atoms. The standard InChI is InChI=1S/C27H24ClN5O2/c1-3-26(34)32-11-8-19(15-32)22-14-24(33-16-29-9-7-23(22)33)18-4-5-21(17(2)12-18)27(35)31-25-13-20(28)6-10-30-25/h3-7,9-10,12-14,16,19H,1,8,11,15H2,2H3,(H,30,31,35). The molecule has 1 aliphatic rings. The molecule has 1 unspecified atom stereocenters. The van der Waals surface area contributed by atoms with E-state index in [0.29, 0.717) is 22.9 Å². The summed E-state index contributed by atoms with van der Waals surface area (Å²) in [6.07, 6.45) is 7.41. The van der Waals surface area contributed by atoms with E-state index >= 15 is 0 Å². The number of nitrogens with one attached hydrogen (secondary N) is 1. The number of carbonyl (C=O) groups excluding carboxylic acids is 2. The highest BCUT2D eigenvalue weighted by atomic mass is 35.5. The van der Waals surface area contributed by atoms with Gasteiger partial charge in [-0.15, -0.1) is 0 Å². The van der Waals surface area contributed by atoms with Gasteiger partial charge in [-0.2, -0.15) is 0 Å². The van der Waals surface area contributed by atoms with Crippen molar-refractivity contribution in [1.29, 1.82) is 0 Å². The monoisotopic (exact) mass is 485 g/mol. The zero-order chi connectivity index (χ0) is 24.5. The van der Waals surface area contributed by atoms with E-state index in [1.54, 1.807) is 30.9 Å². The number of amides is 2. The van der Waals surface area contributed by atoms with E-state index < -0.39 is 0 Å². The largest absolute Gasteiger partial charge is 0.339 e. The van der Waals surface area contributed by atoms with Gasteiger partial charge < -0.3 is 14.6 Å². The number of pyridine rings is 1. The molecule has 176 valence electrons. The third-order valence-corrected chi connectivity index (χ3v) is 6.69. The molecule has 1 saturated heterocycles. The molecule has 1 atom stereocenters. The van der Waals surface area contributed by atoms with Crippen LogP contribution in [0.5, 0.6) is 0 Å². The maximum Gasteiger partial charge on any atom is 0.257 e. The van der Waals surface area contributed by atoms with Crippen LogP contribution in [0.2, 0.25) is 5.02 Å². The van der Waals surface area contributed by atoms with Crippen LogP contribution in [0.1, 0.15) is 33.8 Å². The van der Waals surface area contributed by atoms with Crippen molar-refractivity contribution in [3.63, 3.8) is 0 Å². The summed E-state index contributed by atoms with van der Waals surface area (Å²) in [5, 5.41) is 3.30. The van der Waals surface area contributed by atoms with Crippen LogP contribution in [-0.4, -0.2) is 44.2 Å². The molecule has 4 aromatic rings. The van der Waals surface area contributed by atoms with E-state index in [-0.39, 0.29) is 17.7 Å². The highest BCUT2D eigenvalue weighted by Crippen LogP contribution is 2.36. The Morgan fingerprint density at radius 3 is 2.80 bits per heavy atom. The van der Waals surface area contributed by atoms with E-state index in [9.17, 15) is 9.59 Å². The molecule has 1 aromatic carbocycles. The predicted octanol–water partition coefficient (Wildman–Crippen LogP) is 5.11. The fraction of sp³-hybridized carbons (Fsp3) is 0.185. The Bertz CT molecular complexity index is 1460. The molecule has 1 N–H and O–H groups in total. The molecule has 1 aliphatic heterocycles. The van der Waals surface area contributed by atoms with Crippen LogP contribution in [0.4, 0.5) is 5.82 Å². The minimum Gasteiger partial charge on any atom is -0.339 e. The molecular weight excluding hydrogens is 462 g/mol. The first-order valence-electron chi connectivity index (χ1n) is 11.3. The summed E-state index contributed by atoms with van der Waals surface area (Å²) >= 11 is 6.00. The zero-order valence-corrected chi connectivity index (χ0v) is 20.0. The molecular formula is C27H24ClN5O2. The smallest absolute Gasteiger partial charge is 0.257 e. The number of anilines is 1. The van der Waals surface area contributed by atoms with E-state index in [0.717, 1.165) is 35.3 Å². The molecule has 8 heteroatoms. The fourth-order valence-corrected chi connectivity index (χ4v) is 4.87. The molecule has 0 radical (unpaired) electrons. The summed E-state index contributed by atoms with van der Waals surface area (Å²) < 4.78 is 2.07. The van der Waals surface area contributed by atoms with Crippen LogP contribution in [-0.2, 0) is 4.79 Å². The number of hydrogen-bond donors (Lipinski definition) is 1. The lowest BCUT2D eigenvalue weighted by molar-refractivity contribution is -0.125. The molecule has 4 heterocycles. The van der Waals surface area contributed by atoms with Gasteiger partial charge in [0.15, 0.2) is 0 Å². The lowest BCUT2D eigenvalue weighted by Crippen LogP contribution is -2.26. The lowest BCUT2D eigenvalue weighted by Gasteiger charge is -2.13. The molecule has 0 saturated carbocycles. The number of nitrogens with zero attached hydrogens (tertiary/aromatic N) is 4. The summed E-state index contributed by atoms with van der Waals surface area (Å²) in [4.78, 5) is 35.2. The maximum absolute atomic E-state index is 12.8. The minimum atomic E-state index is -0.246. The van der Waals surface area contributed by atoms with Gasteiger partial charge in [-0.1, -0.05) is 24.2 Å². The molecule has 3 aromatic heterocycles. The van der Waals surface area contributed by atoms with Gasteiger partial charge >= 0.3 is 0 Å². The zero-order valence-electron chi connectivity index (χ0n) is 19.2. The molecule has 7 nitrogen and oxygen atoms in total. The topological polar surface area (TPSA) is 79.6 Å². The third kappa shape index (κ3) is 4.42. The Hall–Kier alpha value is -3.97. The number of aryl methyl sites for hydroxylation is 1. The summed E-state index contributed by atoms with van der Waals surface area (Å²) in [6, 6.07) is 13.2. The van der Waals surface area contributed by atoms with Gasteiger partial charge in [0.05, 0.1) is 17.5 Å². The molecule has 2 amide bonds. The van der Waals surface area contributed by atoms with E-state index in [2.05, 4.69) is 32.3 Å². The van der Waals surface area contributed by atoms with E-state index in [1.807, 2.05) is 36.1 Å². The highest BCUT2D eigenvalue weighted by molar-refractivity contribution is 6.30. The Labute approximate surface area is 208 Å². The van der Waals surface area contributed by atoms with Crippen LogP contribution >= 0.6 is 11.6 Å². The van der Waals surface area contributed by atoms with Crippen molar-refractivity contribution < 1.29 is 9.59 Å². The van der Waals surface area contributed by atoms with Gasteiger partial charge in [-0.3, -0.25) is 9.59 Å². The van der Waals surface area contributed by atoms with Crippen molar-refractivity contribution in [2.45, 2.75) is 19.3 Å². The van der Waals surface area contributed by atoms with Crippen molar-refractivity contribution in [2.75, 3.05) is 18.4 Å². The lowest BCUT2D eigenvalue weighted by atomic mass is 9.98. The SMILES string of the molecule is C=CC(=O)N1CCC(c2cc(-c3ccc(C(=O)Nc4cc(Cl)ccn4)c(C)c3)n3cnccc23)C1. The number of likely N-dealkylation sites (tertiary alicyclic amines) is 1. The molecule has 5 rings (SSSR count). The van der Waals surface area contributed by atoms with Crippen molar-refractivity contribution in [2.24, 2.45) is 0 Å². The summed E-state index contributed by atoms with van der Waals surface area (Å²) in [5.41, 5.74) is 5.62. The summed E-state index contributed by atoms with van der Waals surface area (Å²) in [5.74, 6) is 0.362. The number of hydrogen-bond acceptors (Lipinski definition) is 4. The number of carbonyl (C=O) groups is 2. The highest BCUT2D eigenvalue weighted by Gasteiger charge is 2.29. The van der Waals surface area contributed by atoms with Crippen molar-refractivity contribution in [1.82, 2.24) is 19.3 Å². The van der Waals surface area contributed by atoms with Gasteiger partial charge in [-0.25, -0.2) is 9.97 Å². The fourth-order valence-electron chi connectivity index (χ4n) is 4.71. The number of halogens is 1. The second-order valence-electron chi connectivity index (χ2n) is 8.64. The van der Waals surface area contributed by atoms with Crippen LogP contribution in [0.15, 0.2) is 73.8 Å². The third-order valence-electron chi connectivity index (χ3n) is 6.45. The van der Waals surface area contributed by atoms with Crippen LogP contribution < -0.4 is 5.32 Å². The Kier molecular flexibility index (Phi) is 6.09. The van der Waals surface area contributed by atoms with Crippen molar-refractivity contribution in [3.05, 3.63) is 95.6 Å². The van der Waals surface area contributed by atoms with Gasteiger partial charge in [0, 0.05) is 42.0 Å². The second-order valence-corrected chi connectivity index (χ2v) is 9.07. The number of rotatable bonds is 5. The first kappa shape index (κ1) is 22.8. The van der Waals surface area contributed by atoms with Crippen molar-refractivity contribution >= 4 is 34.7 Å². The predicted molar refractivity (Wildman–Crippen MR) is 137 cm³/mol. The molecule has 1 fully saturated rings. The molecule has 0 bridgehead atoms. The Morgan fingerprint density at radius 2 is 2.03 bits per heavy atom. The normalized spacial score (nSPS) is 15.4. The minimum absolute atomic E-state index is 0.0321. The molecule has 0 aliphatic carbocycles. The number of aromatic nitrogens is 3. The van der Waals surface area contributed by atoms with Gasteiger partial charge in [0.1, 0.15) is 5.82 Å². The van der Waals surface area contributed by atoms with Gasteiger partial charge in [0.2, 0.25) is 5.91 Å². The number of fused-ring (bicyclic) bond motifs is 1. The number of benzene rings is 1. The van der Waals surface area contributed by atoms with Crippen LogP contribution in [0.25, 0.3) is 16.8 Å². The average Bonchev–Trinajstić information content (AvgIpc) is 3.49. The first-order chi connectivity index (χ1) is 16.9. The van der Waals surface area contributed by atoms with Crippen LogP contribution in [0, 0.1) is 6.92 Å². The Balaban J connectivity index is 1.46. The van der Waals surface area contributed by atoms with Gasteiger partial charge in [-0.05, 0) is 72.5 Å². The van der Waals surface area contributed by atoms with Crippen molar-refractivity contribution in [3.8, 4) is 11.3 Å². The summed E-state index contributed by atoms with van der Waals surface area (Å²) in [6.45, 7) is 6.91. The average molecular weight is 486 g/mol. The first-order valence-corrected chi connectivity index (χ1v) is 11.7. The summed E-state index contributed by atoms with van der Waals surface area (Å²) in [7, 11) is 0. The Morgan fingerprint density at radius 1 is 1.17 bits per heavy atom.